The van der Waals surface area contributed by atoms with Gasteiger partial charge in [0, 0.05) is 23.2 Å². The van der Waals surface area contributed by atoms with Gasteiger partial charge in [0.1, 0.15) is 10.7 Å². The number of hydrogen-bond donors (Lipinski definition) is 1. The van der Waals surface area contributed by atoms with Crippen molar-refractivity contribution >= 4 is 56.5 Å². The van der Waals surface area contributed by atoms with Gasteiger partial charge in [-0.3, -0.25) is 20.2 Å². The van der Waals surface area contributed by atoms with Gasteiger partial charge < -0.3 is 14.8 Å². The summed E-state index contributed by atoms with van der Waals surface area (Å²) < 4.78 is 10.0. The quantitative estimate of drug-likeness (QED) is 0.208. The Bertz CT molecular complexity index is 1280. The van der Waals surface area contributed by atoms with Gasteiger partial charge in [0.15, 0.2) is 0 Å². The Morgan fingerprint density at radius 3 is 1.89 bits per heavy atom. The Kier molecular flexibility index (Phi) is 10.3. The molecule has 3 rings (SSSR count). The molecule has 36 heavy (non-hydrogen) atoms. The Morgan fingerprint density at radius 2 is 1.36 bits per heavy atom. The van der Waals surface area contributed by atoms with Crippen molar-refractivity contribution < 1.29 is 28.9 Å². The van der Waals surface area contributed by atoms with Crippen LogP contribution in [-0.4, -0.2) is 36.0 Å². The number of nitro groups is 2. The molecule has 0 spiro atoms. The maximum absolute atomic E-state index is 11.8. The minimum absolute atomic E-state index is 0.0108. The molecule has 0 saturated heterocycles. The van der Waals surface area contributed by atoms with Gasteiger partial charge in [-0.2, -0.15) is 0 Å². The van der Waals surface area contributed by atoms with Crippen molar-refractivity contribution in [2.45, 2.75) is 6.54 Å². The lowest BCUT2D eigenvalue weighted by Gasteiger charge is -2.11. The maximum atomic E-state index is 11.8. The summed E-state index contributed by atoms with van der Waals surface area (Å²) in [5, 5.41) is 24.4. The van der Waals surface area contributed by atoms with Gasteiger partial charge in [-0.25, -0.2) is 9.59 Å². The molecule has 0 aliphatic heterocycles. The molecule has 0 fully saturated rings. The predicted octanol–water partition coefficient (Wildman–Crippen LogP) is 5.79. The van der Waals surface area contributed by atoms with E-state index in [9.17, 15) is 29.8 Å². The van der Waals surface area contributed by atoms with E-state index in [1.807, 2.05) is 24.3 Å². The molecule has 0 heterocycles. The zero-order valence-corrected chi connectivity index (χ0v) is 21.2. The van der Waals surface area contributed by atoms with Crippen LogP contribution in [0.1, 0.15) is 26.3 Å². The number of ether oxygens (including phenoxy) is 2. The number of methoxy groups -OCH3 is 2. The van der Waals surface area contributed by atoms with Crippen molar-refractivity contribution in [1.82, 2.24) is 0 Å². The number of benzene rings is 3. The number of nitro benzene ring substituents is 2. The van der Waals surface area contributed by atoms with E-state index in [1.165, 1.54) is 50.6 Å². The van der Waals surface area contributed by atoms with Crippen molar-refractivity contribution in [3.8, 4) is 0 Å². The predicted molar refractivity (Wildman–Crippen MR) is 135 cm³/mol. The summed E-state index contributed by atoms with van der Waals surface area (Å²) in [5.74, 6) is -1.32. The Balaban J connectivity index is 0.000000281. The number of esters is 2. The highest BCUT2D eigenvalue weighted by Gasteiger charge is 2.22. The van der Waals surface area contributed by atoms with E-state index >= 15 is 0 Å². The van der Waals surface area contributed by atoms with Crippen LogP contribution in [0.5, 0.6) is 0 Å². The summed E-state index contributed by atoms with van der Waals surface area (Å²) in [6, 6.07) is 15.7. The highest BCUT2D eigenvalue weighted by atomic mass is 79.9. The molecule has 1 N–H and O–H groups in total. The van der Waals surface area contributed by atoms with Crippen LogP contribution in [0.2, 0.25) is 5.02 Å². The minimum atomic E-state index is -0.696. The van der Waals surface area contributed by atoms with E-state index in [4.69, 9.17) is 11.6 Å². The molecule has 0 aliphatic rings. The fourth-order valence-corrected chi connectivity index (χ4v) is 3.42. The number of carbonyl (C=O) groups is 2. The van der Waals surface area contributed by atoms with Gasteiger partial charge in [0.25, 0.3) is 11.4 Å². The second-order valence-electron chi connectivity index (χ2n) is 6.82. The van der Waals surface area contributed by atoms with Gasteiger partial charge in [-0.1, -0.05) is 51.8 Å². The first-order valence-electron chi connectivity index (χ1n) is 9.95. The van der Waals surface area contributed by atoms with Crippen LogP contribution in [0.25, 0.3) is 0 Å². The molecule has 0 bridgehead atoms. The molecular formula is C23H19BrClN3O8. The Hall–Kier alpha value is -4.03. The maximum Gasteiger partial charge on any atom is 0.340 e. The lowest BCUT2D eigenvalue weighted by molar-refractivity contribution is -0.384. The average Bonchev–Trinajstić information content (AvgIpc) is 2.87. The summed E-state index contributed by atoms with van der Waals surface area (Å²) in [6.07, 6.45) is 0. The summed E-state index contributed by atoms with van der Waals surface area (Å²) in [5.41, 5.74) is 0.728. The van der Waals surface area contributed by atoms with E-state index in [-0.39, 0.29) is 33.2 Å². The molecular weight excluding hydrogens is 562 g/mol. The topological polar surface area (TPSA) is 151 Å². The second kappa shape index (κ2) is 13.2. The van der Waals surface area contributed by atoms with Crippen molar-refractivity contribution in [2.24, 2.45) is 0 Å². The first-order chi connectivity index (χ1) is 17.1. The van der Waals surface area contributed by atoms with Crippen LogP contribution in [0.15, 0.2) is 65.1 Å². The SMILES string of the molecule is COC(=O)c1cccc([N+](=O)[O-])c1Cl.COC(=O)c1cccc([N+](=O)[O-])c1NCc1ccc(Br)cc1. The van der Waals surface area contributed by atoms with Crippen molar-refractivity contribution in [3.05, 3.63) is 107 Å². The van der Waals surface area contributed by atoms with Gasteiger partial charge in [-0.15, -0.1) is 0 Å². The third-order valence-electron chi connectivity index (χ3n) is 4.61. The van der Waals surface area contributed by atoms with Crippen molar-refractivity contribution in [3.63, 3.8) is 0 Å². The third kappa shape index (κ3) is 7.23. The standard InChI is InChI=1S/C15H13BrN2O4.C8H6ClNO4/c1-22-15(19)12-3-2-4-13(18(20)21)14(12)17-9-10-5-7-11(16)8-6-10;1-14-8(11)5-3-2-4-6(7(5)9)10(12)13/h2-8,17H,9H2,1H3;2-4H,1H3. The number of nitrogens with zero attached hydrogens (tertiary/aromatic N) is 2. The third-order valence-corrected chi connectivity index (χ3v) is 5.53. The summed E-state index contributed by atoms with van der Waals surface area (Å²) in [4.78, 5) is 43.3. The van der Waals surface area contributed by atoms with Crippen LogP contribution in [0, 0.1) is 20.2 Å². The van der Waals surface area contributed by atoms with Crippen LogP contribution < -0.4 is 5.32 Å². The van der Waals surface area contributed by atoms with Crippen LogP contribution >= 0.6 is 27.5 Å². The molecule has 3 aromatic carbocycles. The summed E-state index contributed by atoms with van der Waals surface area (Å²) >= 11 is 8.98. The Labute approximate surface area is 218 Å². The van der Waals surface area contributed by atoms with Crippen molar-refractivity contribution in [1.29, 1.82) is 0 Å². The summed E-state index contributed by atoms with van der Waals surface area (Å²) in [6.45, 7) is 0.349. The normalized spacial score (nSPS) is 9.89. The molecule has 3 aromatic rings. The number of anilines is 1. The molecule has 0 aromatic heterocycles. The largest absolute Gasteiger partial charge is 0.465 e. The van der Waals surface area contributed by atoms with Gasteiger partial charge in [0.05, 0.1) is 35.2 Å². The van der Waals surface area contributed by atoms with Crippen LogP contribution in [0.3, 0.4) is 0 Å². The minimum Gasteiger partial charge on any atom is -0.465 e. The molecule has 13 heteroatoms. The fraction of sp³-hybridized carbons (Fsp3) is 0.130. The van der Waals surface area contributed by atoms with E-state index in [2.05, 4.69) is 30.7 Å². The zero-order chi connectivity index (χ0) is 26.8. The lowest BCUT2D eigenvalue weighted by Crippen LogP contribution is -2.10. The molecule has 0 unspecified atom stereocenters. The smallest absolute Gasteiger partial charge is 0.340 e. The van der Waals surface area contributed by atoms with E-state index in [0.717, 1.165) is 10.0 Å². The monoisotopic (exact) mass is 579 g/mol. The highest BCUT2D eigenvalue weighted by Crippen LogP contribution is 2.30. The molecule has 11 nitrogen and oxygen atoms in total. The lowest BCUT2D eigenvalue weighted by atomic mass is 10.1. The number of rotatable bonds is 7. The molecule has 0 radical (unpaired) electrons. The van der Waals surface area contributed by atoms with Crippen LogP contribution in [0.4, 0.5) is 17.1 Å². The number of nitrogens with one attached hydrogen (secondary N) is 1. The van der Waals surface area contributed by atoms with E-state index in [1.54, 1.807) is 0 Å². The van der Waals surface area contributed by atoms with Crippen LogP contribution in [-0.2, 0) is 16.0 Å². The number of carbonyl (C=O) groups excluding carboxylic acids is 2. The Morgan fingerprint density at radius 1 is 0.861 bits per heavy atom. The van der Waals surface area contributed by atoms with Gasteiger partial charge >= 0.3 is 11.9 Å². The van der Waals surface area contributed by atoms with E-state index < -0.39 is 21.8 Å². The van der Waals surface area contributed by atoms with Gasteiger partial charge in [-0.05, 0) is 29.8 Å². The van der Waals surface area contributed by atoms with Crippen molar-refractivity contribution in [2.75, 3.05) is 19.5 Å². The van der Waals surface area contributed by atoms with E-state index in [0.29, 0.717) is 6.54 Å². The highest BCUT2D eigenvalue weighted by molar-refractivity contribution is 9.10. The number of hydrogen-bond acceptors (Lipinski definition) is 9. The number of halogens is 2. The average molecular weight is 581 g/mol. The molecule has 0 aliphatic carbocycles. The molecule has 0 atom stereocenters. The molecule has 188 valence electrons. The first-order valence-corrected chi connectivity index (χ1v) is 11.1. The fourth-order valence-electron chi connectivity index (χ4n) is 2.88. The molecule has 0 saturated carbocycles. The first kappa shape index (κ1) is 28.2. The summed E-state index contributed by atoms with van der Waals surface area (Å²) in [7, 11) is 2.41. The van der Waals surface area contributed by atoms with Gasteiger partial charge in [0.2, 0.25) is 0 Å². The zero-order valence-electron chi connectivity index (χ0n) is 18.9. The number of para-hydroxylation sites is 1. The molecule has 0 amide bonds. The second-order valence-corrected chi connectivity index (χ2v) is 8.11.